The number of nitrogens with zero attached hydrogens (tertiary/aromatic N) is 2. The number of nitrogens with one attached hydrogen (secondary N) is 1. The second-order valence-electron chi connectivity index (χ2n) is 6.99. The van der Waals surface area contributed by atoms with E-state index in [2.05, 4.69) is 10.4 Å². The van der Waals surface area contributed by atoms with Gasteiger partial charge in [0.1, 0.15) is 0 Å². The van der Waals surface area contributed by atoms with E-state index < -0.39 is 5.97 Å². The largest absolute Gasteiger partial charge is 0.452 e. The molecule has 2 aromatic carbocycles. The maximum Gasteiger partial charge on any atom is 0.340 e. The predicted octanol–water partition coefficient (Wildman–Crippen LogP) is 4.40. The van der Waals surface area contributed by atoms with Crippen molar-refractivity contribution in [3.05, 3.63) is 81.6 Å². The zero-order valence-corrected chi connectivity index (χ0v) is 19.2. The van der Waals surface area contributed by atoms with Crippen LogP contribution in [0.1, 0.15) is 32.9 Å². The Morgan fingerprint density at radius 3 is 2.61 bits per heavy atom. The number of ether oxygens (including phenoxy) is 1. The normalized spacial score (nSPS) is 10.7. The Morgan fingerprint density at radius 1 is 1.16 bits per heavy atom. The number of aromatic nitrogens is 2. The summed E-state index contributed by atoms with van der Waals surface area (Å²) in [6, 6.07) is 15.2. The topological polar surface area (TPSA) is 73.2 Å². The molecule has 0 radical (unpaired) electrons. The van der Waals surface area contributed by atoms with Crippen LogP contribution in [0.2, 0.25) is 5.02 Å². The molecule has 1 amide bonds. The number of carbonyl (C=O) groups is 2. The number of esters is 1. The van der Waals surface area contributed by atoms with Gasteiger partial charge in [-0.15, -0.1) is 11.8 Å². The highest BCUT2D eigenvalue weighted by atomic mass is 35.5. The third-order valence-corrected chi connectivity index (χ3v) is 5.95. The first-order valence-corrected chi connectivity index (χ1v) is 11.3. The van der Waals surface area contributed by atoms with Gasteiger partial charge in [0, 0.05) is 22.7 Å². The minimum absolute atomic E-state index is 0.246. The summed E-state index contributed by atoms with van der Waals surface area (Å²) in [5.41, 5.74) is 4.19. The lowest BCUT2D eigenvalue weighted by Crippen LogP contribution is -2.28. The maximum absolute atomic E-state index is 12.3. The third-order valence-electron chi connectivity index (χ3n) is 4.90. The lowest BCUT2D eigenvalue weighted by Gasteiger charge is -2.09. The van der Waals surface area contributed by atoms with Crippen molar-refractivity contribution < 1.29 is 14.3 Å². The highest BCUT2D eigenvalue weighted by Crippen LogP contribution is 2.23. The Labute approximate surface area is 190 Å². The number of amides is 1. The van der Waals surface area contributed by atoms with Crippen LogP contribution in [-0.2, 0) is 22.6 Å². The summed E-state index contributed by atoms with van der Waals surface area (Å²) in [6.45, 7) is 4.48. The van der Waals surface area contributed by atoms with Gasteiger partial charge in [0.05, 0.1) is 22.8 Å². The summed E-state index contributed by atoms with van der Waals surface area (Å²) in [4.78, 5) is 25.4. The van der Waals surface area contributed by atoms with Gasteiger partial charge >= 0.3 is 5.97 Å². The molecule has 0 bridgehead atoms. The molecule has 0 aliphatic rings. The lowest BCUT2D eigenvalue weighted by atomic mass is 10.2. The highest BCUT2D eigenvalue weighted by Gasteiger charge is 2.16. The molecular weight excluding hydrogens is 434 g/mol. The van der Waals surface area contributed by atoms with Crippen LogP contribution >= 0.6 is 23.4 Å². The van der Waals surface area contributed by atoms with Gasteiger partial charge in [-0.1, -0.05) is 41.9 Å². The molecule has 0 aliphatic heterocycles. The van der Waals surface area contributed by atoms with Gasteiger partial charge in [-0.25, -0.2) is 4.79 Å². The smallest absolute Gasteiger partial charge is 0.340 e. The predicted molar refractivity (Wildman–Crippen MR) is 123 cm³/mol. The average Bonchev–Trinajstić information content (AvgIpc) is 3.03. The van der Waals surface area contributed by atoms with Gasteiger partial charge in [-0.3, -0.25) is 9.48 Å². The fourth-order valence-electron chi connectivity index (χ4n) is 3.13. The minimum Gasteiger partial charge on any atom is -0.452 e. The molecule has 3 rings (SSSR count). The maximum atomic E-state index is 12.3. The summed E-state index contributed by atoms with van der Waals surface area (Å²) in [6.07, 6.45) is 1.90. The van der Waals surface area contributed by atoms with Crippen LogP contribution in [0, 0.1) is 13.8 Å². The van der Waals surface area contributed by atoms with Crippen LogP contribution in [0.5, 0.6) is 0 Å². The van der Waals surface area contributed by atoms with Gasteiger partial charge in [-0.05, 0) is 43.9 Å². The molecule has 0 fully saturated rings. The number of carbonyl (C=O) groups excluding carboxylic acids is 2. The molecule has 31 heavy (non-hydrogen) atoms. The zero-order chi connectivity index (χ0) is 22.4. The van der Waals surface area contributed by atoms with E-state index in [-0.39, 0.29) is 18.1 Å². The van der Waals surface area contributed by atoms with Crippen molar-refractivity contribution in [3.63, 3.8) is 0 Å². The number of rotatable bonds is 8. The van der Waals surface area contributed by atoms with E-state index in [1.54, 1.807) is 12.1 Å². The second kappa shape index (κ2) is 10.5. The van der Waals surface area contributed by atoms with E-state index in [1.165, 1.54) is 11.8 Å². The molecule has 1 heterocycles. The summed E-state index contributed by atoms with van der Waals surface area (Å²) in [5.74, 6) is -1.01. The van der Waals surface area contributed by atoms with Crippen LogP contribution in [0.4, 0.5) is 0 Å². The molecule has 0 aliphatic carbocycles. The lowest BCUT2D eigenvalue weighted by molar-refractivity contribution is -0.124. The monoisotopic (exact) mass is 457 g/mol. The molecule has 162 valence electrons. The van der Waals surface area contributed by atoms with Crippen LogP contribution in [0.3, 0.4) is 0 Å². The summed E-state index contributed by atoms with van der Waals surface area (Å²) >= 11 is 7.57. The number of hydrogen-bond donors (Lipinski definition) is 1. The Balaban J connectivity index is 1.56. The van der Waals surface area contributed by atoms with Crippen molar-refractivity contribution in [3.8, 4) is 0 Å². The van der Waals surface area contributed by atoms with Crippen LogP contribution in [-0.4, -0.2) is 34.5 Å². The van der Waals surface area contributed by atoms with Gasteiger partial charge in [0.2, 0.25) is 0 Å². The minimum atomic E-state index is -0.626. The molecule has 0 saturated heterocycles. The van der Waals surface area contributed by atoms with Crippen LogP contribution in [0.15, 0.2) is 53.4 Å². The number of halogens is 1. The van der Waals surface area contributed by atoms with Crippen LogP contribution in [0.25, 0.3) is 0 Å². The Bertz CT molecular complexity index is 1080. The molecule has 0 saturated carbocycles. The van der Waals surface area contributed by atoms with Gasteiger partial charge < -0.3 is 10.1 Å². The first kappa shape index (κ1) is 22.9. The second-order valence-corrected chi connectivity index (χ2v) is 8.28. The number of aryl methyl sites for hydroxylation is 1. The van der Waals surface area contributed by atoms with Crippen molar-refractivity contribution in [2.75, 3.05) is 12.9 Å². The summed E-state index contributed by atoms with van der Waals surface area (Å²) in [7, 11) is 0. The number of hydrogen-bond acceptors (Lipinski definition) is 5. The Kier molecular flexibility index (Phi) is 7.76. The van der Waals surface area contributed by atoms with E-state index in [9.17, 15) is 9.59 Å². The fourth-order valence-corrected chi connectivity index (χ4v) is 3.77. The Hall–Kier alpha value is -2.77. The number of thioether (sulfide) groups is 1. The highest BCUT2D eigenvalue weighted by molar-refractivity contribution is 7.98. The van der Waals surface area contributed by atoms with E-state index in [1.807, 2.05) is 61.2 Å². The van der Waals surface area contributed by atoms with Crippen molar-refractivity contribution in [1.29, 1.82) is 0 Å². The SMILES string of the molecule is CSc1ccc(Cl)c(C(=O)OCC(=O)NCc2c(C)nn(Cc3ccccc3)c2C)c1. The molecule has 3 aromatic rings. The van der Waals surface area contributed by atoms with Gasteiger partial charge in [0.25, 0.3) is 5.91 Å². The quantitative estimate of drug-likeness (QED) is 0.401. The first-order valence-electron chi connectivity index (χ1n) is 9.73. The molecule has 0 spiro atoms. The van der Waals surface area contributed by atoms with Crippen molar-refractivity contribution in [2.45, 2.75) is 31.8 Å². The number of benzene rings is 2. The molecule has 6 nitrogen and oxygen atoms in total. The van der Waals surface area contributed by atoms with E-state index in [0.29, 0.717) is 18.1 Å². The zero-order valence-electron chi connectivity index (χ0n) is 17.6. The molecule has 1 aromatic heterocycles. The molecule has 8 heteroatoms. The average molecular weight is 458 g/mol. The van der Waals surface area contributed by atoms with E-state index in [4.69, 9.17) is 16.3 Å². The molecule has 1 N–H and O–H groups in total. The fraction of sp³-hybridized carbons (Fsp3) is 0.261. The van der Waals surface area contributed by atoms with E-state index >= 15 is 0 Å². The van der Waals surface area contributed by atoms with Crippen molar-refractivity contribution >= 4 is 35.2 Å². The van der Waals surface area contributed by atoms with Gasteiger partial charge in [0.15, 0.2) is 6.61 Å². The Morgan fingerprint density at radius 2 is 1.90 bits per heavy atom. The molecular formula is C23H24ClN3O3S. The molecule has 0 unspecified atom stereocenters. The molecule has 0 atom stereocenters. The van der Waals surface area contributed by atoms with Crippen LogP contribution < -0.4 is 5.32 Å². The van der Waals surface area contributed by atoms with Crippen molar-refractivity contribution in [1.82, 2.24) is 15.1 Å². The van der Waals surface area contributed by atoms with Crippen molar-refractivity contribution in [2.24, 2.45) is 0 Å². The van der Waals surface area contributed by atoms with E-state index in [0.717, 1.165) is 27.4 Å². The summed E-state index contributed by atoms with van der Waals surface area (Å²) in [5, 5.41) is 7.67. The van der Waals surface area contributed by atoms with Gasteiger partial charge in [-0.2, -0.15) is 5.10 Å². The summed E-state index contributed by atoms with van der Waals surface area (Å²) < 4.78 is 7.06. The standard InChI is InChI=1S/C23H24ClN3O3S/c1-15-20(16(2)27(26-15)13-17-7-5-4-6-8-17)12-25-22(28)14-30-23(29)19-11-18(31-3)9-10-21(19)24/h4-11H,12-14H2,1-3H3,(H,25,28). The first-order chi connectivity index (χ1) is 14.9. The third kappa shape index (κ3) is 5.89.